The SMILES string of the molecule is O=C(NC[C@]1(O)CCN(c2cnccn2)C1)c1cccc(OCCN2CCCC2)c1. The van der Waals surface area contributed by atoms with Crippen molar-refractivity contribution >= 4 is 11.7 Å². The Hall–Kier alpha value is -2.71. The first-order valence-electron chi connectivity index (χ1n) is 10.6. The smallest absolute Gasteiger partial charge is 0.251 e. The number of carbonyl (C=O) groups is 1. The quantitative estimate of drug-likeness (QED) is 0.677. The van der Waals surface area contributed by atoms with Crippen molar-refractivity contribution < 1.29 is 14.6 Å². The molecule has 0 saturated carbocycles. The van der Waals surface area contributed by atoms with Crippen molar-refractivity contribution in [2.24, 2.45) is 0 Å². The number of ether oxygens (including phenoxy) is 1. The van der Waals surface area contributed by atoms with E-state index in [9.17, 15) is 9.90 Å². The highest BCUT2D eigenvalue weighted by Crippen LogP contribution is 2.24. The number of rotatable bonds is 8. The average molecular weight is 412 g/mol. The van der Waals surface area contributed by atoms with E-state index in [1.807, 2.05) is 17.0 Å². The maximum atomic E-state index is 12.6. The van der Waals surface area contributed by atoms with Gasteiger partial charge in [-0.2, -0.15) is 0 Å². The standard InChI is InChI=1S/C22H29N5O3/c28-21(18-4-3-5-19(14-18)30-13-12-26-9-1-2-10-26)25-16-22(29)6-11-27(17-22)20-15-23-7-8-24-20/h3-5,7-8,14-15,29H,1-2,6,9-13,16-17H2,(H,25,28)/t22-/m1/s1. The van der Waals surface area contributed by atoms with E-state index in [1.54, 1.807) is 30.7 Å². The summed E-state index contributed by atoms with van der Waals surface area (Å²) < 4.78 is 5.83. The van der Waals surface area contributed by atoms with E-state index >= 15 is 0 Å². The lowest BCUT2D eigenvalue weighted by molar-refractivity contribution is 0.0575. The molecule has 160 valence electrons. The second kappa shape index (κ2) is 9.40. The van der Waals surface area contributed by atoms with Crippen LogP contribution < -0.4 is 15.0 Å². The minimum Gasteiger partial charge on any atom is -0.492 e. The molecule has 1 amide bonds. The summed E-state index contributed by atoms with van der Waals surface area (Å²) in [6, 6.07) is 7.20. The second-order valence-electron chi connectivity index (χ2n) is 8.07. The topological polar surface area (TPSA) is 90.8 Å². The van der Waals surface area contributed by atoms with E-state index in [2.05, 4.69) is 20.2 Å². The summed E-state index contributed by atoms with van der Waals surface area (Å²) in [5.41, 5.74) is -0.460. The Morgan fingerprint density at radius 3 is 2.90 bits per heavy atom. The van der Waals surface area contributed by atoms with Gasteiger partial charge in [0.05, 0.1) is 6.20 Å². The number of carbonyl (C=O) groups excluding carboxylic acids is 1. The van der Waals surface area contributed by atoms with Crippen LogP contribution in [0.15, 0.2) is 42.9 Å². The predicted octanol–water partition coefficient (Wildman–Crippen LogP) is 1.32. The van der Waals surface area contributed by atoms with Crippen LogP contribution in [-0.4, -0.2) is 77.4 Å². The number of nitrogens with one attached hydrogen (secondary N) is 1. The molecule has 0 unspecified atom stereocenters. The fourth-order valence-electron chi connectivity index (χ4n) is 4.02. The molecule has 0 bridgehead atoms. The Bertz CT molecular complexity index is 844. The van der Waals surface area contributed by atoms with E-state index in [0.717, 1.165) is 25.5 Å². The number of β-amino-alcohol motifs (C(OH)–C–C–N with tert-alkyl or cyclic N) is 1. The first-order valence-corrected chi connectivity index (χ1v) is 10.6. The van der Waals surface area contributed by atoms with Crippen LogP contribution in [0.1, 0.15) is 29.6 Å². The average Bonchev–Trinajstić information content (AvgIpc) is 3.43. The number of benzene rings is 1. The van der Waals surface area contributed by atoms with E-state index < -0.39 is 5.60 Å². The molecule has 0 radical (unpaired) electrons. The summed E-state index contributed by atoms with van der Waals surface area (Å²) in [6.07, 6.45) is 8.02. The van der Waals surface area contributed by atoms with Crippen molar-refractivity contribution in [2.45, 2.75) is 24.9 Å². The Labute approximate surface area is 176 Å². The molecule has 2 aliphatic heterocycles. The lowest BCUT2D eigenvalue weighted by Gasteiger charge is -2.24. The number of anilines is 1. The van der Waals surface area contributed by atoms with Gasteiger partial charge in [0, 0.05) is 44.1 Å². The zero-order valence-electron chi connectivity index (χ0n) is 17.2. The maximum absolute atomic E-state index is 12.6. The van der Waals surface area contributed by atoms with Crippen LogP contribution in [0.4, 0.5) is 5.82 Å². The van der Waals surface area contributed by atoms with Gasteiger partial charge in [0.25, 0.3) is 5.91 Å². The largest absolute Gasteiger partial charge is 0.492 e. The number of hydrogen-bond acceptors (Lipinski definition) is 7. The summed E-state index contributed by atoms with van der Waals surface area (Å²) in [6.45, 7) is 5.07. The third-order valence-electron chi connectivity index (χ3n) is 5.75. The molecule has 2 saturated heterocycles. The molecule has 1 aromatic heterocycles. The molecule has 0 spiro atoms. The maximum Gasteiger partial charge on any atom is 0.251 e. The first kappa shape index (κ1) is 20.6. The third kappa shape index (κ3) is 5.25. The molecular weight excluding hydrogens is 382 g/mol. The zero-order chi connectivity index (χ0) is 20.8. The fourth-order valence-corrected chi connectivity index (χ4v) is 4.02. The number of hydrogen-bond donors (Lipinski definition) is 2. The van der Waals surface area contributed by atoms with Gasteiger partial charge >= 0.3 is 0 Å². The summed E-state index contributed by atoms with van der Waals surface area (Å²) in [7, 11) is 0. The molecule has 3 heterocycles. The molecule has 4 rings (SSSR count). The Balaban J connectivity index is 1.26. The molecule has 30 heavy (non-hydrogen) atoms. The molecule has 1 atom stereocenters. The van der Waals surface area contributed by atoms with Gasteiger partial charge in [0.2, 0.25) is 0 Å². The van der Waals surface area contributed by atoms with Crippen LogP contribution in [0.25, 0.3) is 0 Å². The Morgan fingerprint density at radius 1 is 1.23 bits per heavy atom. The number of aliphatic hydroxyl groups is 1. The molecule has 0 aliphatic carbocycles. The molecule has 8 heteroatoms. The third-order valence-corrected chi connectivity index (χ3v) is 5.75. The lowest BCUT2D eigenvalue weighted by Crippen LogP contribution is -2.45. The van der Waals surface area contributed by atoms with Crippen molar-refractivity contribution in [1.82, 2.24) is 20.2 Å². The van der Waals surface area contributed by atoms with E-state index in [-0.39, 0.29) is 12.5 Å². The molecule has 2 fully saturated rings. The van der Waals surface area contributed by atoms with Crippen LogP contribution in [0.3, 0.4) is 0 Å². The van der Waals surface area contributed by atoms with Gasteiger partial charge in [-0.3, -0.25) is 14.7 Å². The van der Waals surface area contributed by atoms with Crippen molar-refractivity contribution in [3.05, 3.63) is 48.4 Å². The van der Waals surface area contributed by atoms with Gasteiger partial charge in [-0.25, -0.2) is 4.98 Å². The normalized spacial score (nSPS) is 21.7. The summed E-state index contributed by atoms with van der Waals surface area (Å²) in [5, 5.41) is 13.7. The van der Waals surface area contributed by atoms with Gasteiger partial charge in [-0.15, -0.1) is 0 Å². The second-order valence-corrected chi connectivity index (χ2v) is 8.07. The van der Waals surface area contributed by atoms with Gasteiger partial charge < -0.3 is 20.1 Å². The highest BCUT2D eigenvalue weighted by molar-refractivity contribution is 5.94. The predicted molar refractivity (Wildman–Crippen MR) is 114 cm³/mol. The van der Waals surface area contributed by atoms with Crippen LogP contribution in [0.5, 0.6) is 5.75 Å². The molecule has 2 aromatic rings. The van der Waals surface area contributed by atoms with Gasteiger partial charge in [0.1, 0.15) is 23.8 Å². The van der Waals surface area contributed by atoms with E-state index in [4.69, 9.17) is 4.74 Å². The fraction of sp³-hybridized carbons (Fsp3) is 0.500. The minimum atomic E-state index is -0.989. The van der Waals surface area contributed by atoms with E-state index in [0.29, 0.717) is 37.4 Å². The molecule has 8 nitrogen and oxygen atoms in total. The van der Waals surface area contributed by atoms with Crippen molar-refractivity contribution in [3.63, 3.8) is 0 Å². The summed E-state index contributed by atoms with van der Waals surface area (Å²) >= 11 is 0. The van der Waals surface area contributed by atoms with Gasteiger partial charge in [0.15, 0.2) is 0 Å². The first-order chi connectivity index (χ1) is 14.6. The molecule has 1 aromatic carbocycles. The Morgan fingerprint density at radius 2 is 2.10 bits per heavy atom. The number of likely N-dealkylation sites (tertiary alicyclic amines) is 1. The van der Waals surface area contributed by atoms with Crippen molar-refractivity contribution in [2.75, 3.05) is 50.8 Å². The van der Waals surface area contributed by atoms with Crippen LogP contribution >= 0.6 is 0 Å². The summed E-state index contributed by atoms with van der Waals surface area (Å²) in [4.78, 5) is 25.3. The molecule has 2 aliphatic rings. The van der Waals surface area contributed by atoms with Crippen LogP contribution in [-0.2, 0) is 0 Å². The van der Waals surface area contributed by atoms with Gasteiger partial charge in [-0.05, 0) is 50.6 Å². The van der Waals surface area contributed by atoms with Crippen molar-refractivity contribution in [1.29, 1.82) is 0 Å². The monoisotopic (exact) mass is 411 g/mol. The number of amides is 1. The molecular formula is C22H29N5O3. The zero-order valence-corrected chi connectivity index (χ0v) is 17.2. The number of nitrogens with zero attached hydrogens (tertiary/aromatic N) is 4. The van der Waals surface area contributed by atoms with Crippen molar-refractivity contribution in [3.8, 4) is 5.75 Å². The van der Waals surface area contributed by atoms with Crippen LogP contribution in [0, 0.1) is 0 Å². The highest BCUT2D eigenvalue weighted by atomic mass is 16.5. The van der Waals surface area contributed by atoms with Gasteiger partial charge in [-0.1, -0.05) is 6.07 Å². The highest BCUT2D eigenvalue weighted by Gasteiger charge is 2.37. The molecule has 2 N–H and O–H groups in total. The van der Waals surface area contributed by atoms with Crippen LogP contribution in [0.2, 0.25) is 0 Å². The summed E-state index contributed by atoms with van der Waals surface area (Å²) in [5.74, 6) is 1.21. The minimum absolute atomic E-state index is 0.183. The Kier molecular flexibility index (Phi) is 6.44. The lowest BCUT2D eigenvalue weighted by atomic mass is 10.0. The van der Waals surface area contributed by atoms with E-state index in [1.165, 1.54) is 12.8 Å². The number of aromatic nitrogens is 2.